The number of alkyl halides is 1. The van der Waals surface area contributed by atoms with E-state index in [4.69, 9.17) is 11.6 Å². The molecule has 1 unspecified atom stereocenters. The van der Waals surface area contributed by atoms with Gasteiger partial charge in [0.05, 0.1) is 5.00 Å². The Morgan fingerprint density at radius 1 is 1.00 bits per heavy atom. The Balaban J connectivity index is 3.63. The fourth-order valence-corrected chi connectivity index (χ4v) is 1.85. The van der Waals surface area contributed by atoms with Gasteiger partial charge in [-0.25, -0.2) is 0 Å². The molecule has 0 N–H and O–H groups in total. The molecule has 0 amide bonds. The molecule has 0 radical (unpaired) electrons. The lowest BCUT2D eigenvalue weighted by Gasteiger charge is -2.33. The third-order valence-electron chi connectivity index (χ3n) is 3.01. The summed E-state index contributed by atoms with van der Waals surface area (Å²) in [6.45, 7) is 4.41. The molecule has 0 rings (SSSR count). The molecule has 0 saturated carbocycles. The average molecular weight is 220 g/mol. The summed E-state index contributed by atoms with van der Waals surface area (Å²) in [5.74, 6) is 0. The Bertz CT molecular complexity index is 136. The molecule has 1 atom stereocenters. The van der Waals surface area contributed by atoms with Gasteiger partial charge in [-0.05, 0) is 26.9 Å². The normalized spacial score (nSPS) is 15.9. The van der Waals surface area contributed by atoms with Gasteiger partial charge in [-0.15, -0.1) is 11.6 Å². The lowest BCUT2D eigenvalue weighted by molar-refractivity contribution is 0.220. The molecule has 0 aromatic carbocycles. The van der Waals surface area contributed by atoms with Crippen LogP contribution in [0.5, 0.6) is 0 Å². The van der Waals surface area contributed by atoms with Crippen LogP contribution in [-0.2, 0) is 0 Å². The molecular weight excluding hydrogens is 194 g/mol. The number of nitrogens with zero attached hydrogens (tertiary/aromatic N) is 1. The van der Waals surface area contributed by atoms with Gasteiger partial charge in [0.1, 0.15) is 0 Å². The van der Waals surface area contributed by atoms with E-state index in [0.717, 1.165) is 12.8 Å². The first-order chi connectivity index (χ1) is 6.56. The van der Waals surface area contributed by atoms with Crippen molar-refractivity contribution in [1.29, 1.82) is 0 Å². The Morgan fingerprint density at radius 2 is 1.57 bits per heavy atom. The third kappa shape index (κ3) is 5.21. The number of halogens is 1. The number of unbranched alkanes of at least 4 members (excludes halogenated alkanes) is 4. The zero-order valence-electron chi connectivity index (χ0n) is 10.3. The zero-order valence-corrected chi connectivity index (χ0v) is 11.0. The van der Waals surface area contributed by atoms with Crippen LogP contribution in [0, 0.1) is 0 Å². The van der Waals surface area contributed by atoms with E-state index in [9.17, 15) is 0 Å². The minimum atomic E-state index is -0.105. The second-order valence-electron chi connectivity index (χ2n) is 4.33. The van der Waals surface area contributed by atoms with E-state index < -0.39 is 0 Å². The highest BCUT2D eigenvalue weighted by Crippen LogP contribution is 2.28. The molecular formula is C12H26ClN. The van der Waals surface area contributed by atoms with E-state index in [2.05, 4.69) is 32.8 Å². The van der Waals surface area contributed by atoms with Crippen LogP contribution >= 0.6 is 11.6 Å². The van der Waals surface area contributed by atoms with Gasteiger partial charge in [0.25, 0.3) is 0 Å². The van der Waals surface area contributed by atoms with Crippen molar-refractivity contribution in [2.75, 3.05) is 14.1 Å². The molecule has 0 fully saturated rings. The van der Waals surface area contributed by atoms with E-state index in [1.165, 1.54) is 32.1 Å². The van der Waals surface area contributed by atoms with Crippen molar-refractivity contribution in [3.05, 3.63) is 0 Å². The van der Waals surface area contributed by atoms with E-state index in [1.54, 1.807) is 0 Å². The van der Waals surface area contributed by atoms with Crippen molar-refractivity contribution < 1.29 is 0 Å². The Hall–Kier alpha value is 0.250. The molecule has 0 heterocycles. The summed E-state index contributed by atoms with van der Waals surface area (Å²) in [6, 6.07) is 0. The summed E-state index contributed by atoms with van der Waals surface area (Å²) in [5.41, 5.74) is 0. The van der Waals surface area contributed by atoms with E-state index in [-0.39, 0.29) is 5.00 Å². The first-order valence-corrected chi connectivity index (χ1v) is 6.31. The van der Waals surface area contributed by atoms with Gasteiger partial charge < -0.3 is 0 Å². The predicted octanol–water partition coefficient (Wildman–Crippen LogP) is 4.25. The Labute approximate surface area is 94.8 Å². The van der Waals surface area contributed by atoms with Crippen LogP contribution in [0.25, 0.3) is 0 Å². The topological polar surface area (TPSA) is 3.24 Å². The van der Waals surface area contributed by atoms with Crippen molar-refractivity contribution >= 4 is 11.6 Å². The molecule has 86 valence electrons. The molecule has 0 aromatic rings. The van der Waals surface area contributed by atoms with Crippen LogP contribution in [0.2, 0.25) is 0 Å². The van der Waals surface area contributed by atoms with Crippen LogP contribution < -0.4 is 0 Å². The van der Waals surface area contributed by atoms with Crippen LogP contribution in [0.1, 0.15) is 58.8 Å². The Morgan fingerprint density at radius 3 is 2.00 bits per heavy atom. The van der Waals surface area contributed by atoms with Gasteiger partial charge in [-0.1, -0.05) is 46.0 Å². The maximum atomic E-state index is 6.50. The van der Waals surface area contributed by atoms with E-state index in [0.29, 0.717) is 0 Å². The molecule has 0 aliphatic rings. The fourth-order valence-electron chi connectivity index (χ4n) is 1.72. The highest BCUT2D eigenvalue weighted by Gasteiger charge is 2.26. The molecule has 0 aliphatic carbocycles. The van der Waals surface area contributed by atoms with Crippen LogP contribution in [0.4, 0.5) is 0 Å². The van der Waals surface area contributed by atoms with Crippen LogP contribution in [-0.4, -0.2) is 24.0 Å². The second-order valence-corrected chi connectivity index (χ2v) is 5.03. The monoisotopic (exact) mass is 219 g/mol. The first-order valence-electron chi connectivity index (χ1n) is 5.93. The molecule has 1 nitrogen and oxygen atoms in total. The summed E-state index contributed by atoms with van der Waals surface area (Å²) in [7, 11) is 4.14. The SMILES string of the molecule is CCCCCCCC(Cl)(CC)N(C)C. The molecule has 0 saturated heterocycles. The van der Waals surface area contributed by atoms with Crippen molar-refractivity contribution in [2.24, 2.45) is 0 Å². The second kappa shape index (κ2) is 7.53. The average Bonchev–Trinajstić information content (AvgIpc) is 2.17. The third-order valence-corrected chi connectivity index (χ3v) is 3.80. The molecule has 0 aromatic heterocycles. The van der Waals surface area contributed by atoms with Gasteiger partial charge in [0, 0.05) is 0 Å². The standard InChI is InChI=1S/C12H26ClN/c1-5-7-8-9-10-11-12(13,6-2)14(3)4/h5-11H2,1-4H3. The number of rotatable bonds is 8. The minimum Gasteiger partial charge on any atom is -0.291 e. The Kier molecular flexibility index (Phi) is 7.66. The summed E-state index contributed by atoms with van der Waals surface area (Å²) in [6.07, 6.45) is 8.76. The summed E-state index contributed by atoms with van der Waals surface area (Å²) in [5, 5.41) is 0. The zero-order chi connectivity index (χ0) is 11.0. The minimum absolute atomic E-state index is 0.105. The lowest BCUT2D eigenvalue weighted by atomic mass is 10.0. The quantitative estimate of drug-likeness (QED) is 0.335. The van der Waals surface area contributed by atoms with Gasteiger partial charge in [0.15, 0.2) is 0 Å². The maximum Gasteiger partial charge on any atom is 0.0952 e. The van der Waals surface area contributed by atoms with Gasteiger partial charge in [-0.2, -0.15) is 0 Å². The van der Waals surface area contributed by atoms with E-state index >= 15 is 0 Å². The fraction of sp³-hybridized carbons (Fsp3) is 1.00. The highest BCUT2D eigenvalue weighted by atomic mass is 35.5. The van der Waals surface area contributed by atoms with E-state index in [1.807, 2.05) is 0 Å². The molecule has 0 aliphatic heterocycles. The van der Waals surface area contributed by atoms with Crippen molar-refractivity contribution in [1.82, 2.24) is 4.90 Å². The van der Waals surface area contributed by atoms with Gasteiger partial charge in [0.2, 0.25) is 0 Å². The number of hydrogen-bond acceptors (Lipinski definition) is 1. The van der Waals surface area contributed by atoms with Crippen molar-refractivity contribution in [3.63, 3.8) is 0 Å². The lowest BCUT2D eigenvalue weighted by Crippen LogP contribution is -2.37. The summed E-state index contributed by atoms with van der Waals surface area (Å²) < 4.78 is 0. The molecule has 0 bridgehead atoms. The molecule has 0 spiro atoms. The van der Waals surface area contributed by atoms with Crippen molar-refractivity contribution in [2.45, 2.75) is 63.8 Å². The maximum absolute atomic E-state index is 6.50. The van der Waals surface area contributed by atoms with Gasteiger partial charge in [-0.3, -0.25) is 4.90 Å². The predicted molar refractivity (Wildman–Crippen MR) is 65.9 cm³/mol. The largest absolute Gasteiger partial charge is 0.291 e. The molecule has 14 heavy (non-hydrogen) atoms. The highest BCUT2D eigenvalue weighted by molar-refractivity contribution is 6.23. The van der Waals surface area contributed by atoms with Gasteiger partial charge >= 0.3 is 0 Å². The first kappa shape index (κ1) is 14.2. The smallest absolute Gasteiger partial charge is 0.0952 e. The number of hydrogen-bond donors (Lipinski definition) is 0. The van der Waals surface area contributed by atoms with Crippen LogP contribution in [0.15, 0.2) is 0 Å². The van der Waals surface area contributed by atoms with Crippen molar-refractivity contribution in [3.8, 4) is 0 Å². The van der Waals surface area contributed by atoms with Crippen LogP contribution in [0.3, 0.4) is 0 Å². The summed E-state index contributed by atoms with van der Waals surface area (Å²) >= 11 is 6.50. The molecule has 2 heteroatoms. The summed E-state index contributed by atoms with van der Waals surface area (Å²) in [4.78, 5) is 2.04.